The Kier molecular flexibility index (Phi) is 4.87. The van der Waals surface area contributed by atoms with Gasteiger partial charge in [0.1, 0.15) is 5.01 Å². The van der Waals surface area contributed by atoms with Gasteiger partial charge in [-0.3, -0.25) is 5.10 Å². The van der Waals surface area contributed by atoms with E-state index in [-0.39, 0.29) is 11.5 Å². The molecule has 0 unspecified atom stereocenters. The number of nitrogens with zero attached hydrogens (tertiary/aromatic N) is 3. The number of benzene rings is 2. The highest BCUT2D eigenvalue weighted by Gasteiger charge is 2.28. The maximum absolute atomic E-state index is 6.50. The Balaban J connectivity index is 1.46. The number of nitrogens with two attached hydrogens (primary N) is 1. The van der Waals surface area contributed by atoms with Gasteiger partial charge in [0.15, 0.2) is 0 Å². The lowest BCUT2D eigenvalue weighted by Gasteiger charge is -2.32. The van der Waals surface area contributed by atoms with Crippen LogP contribution in [-0.2, 0) is 5.41 Å². The van der Waals surface area contributed by atoms with Crippen molar-refractivity contribution < 1.29 is 0 Å². The van der Waals surface area contributed by atoms with Crippen LogP contribution >= 0.6 is 11.3 Å². The van der Waals surface area contributed by atoms with Crippen LogP contribution < -0.4 is 11.1 Å². The van der Waals surface area contributed by atoms with E-state index >= 15 is 0 Å². The number of aromatic nitrogens is 4. The summed E-state index contributed by atoms with van der Waals surface area (Å²) in [6.07, 6.45) is 0. The van der Waals surface area contributed by atoms with Crippen LogP contribution in [-0.4, -0.2) is 33.0 Å². The Morgan fingerprint density at radius 1 is 1.14 bits per heavy atom. The Morgan fingerprint density at radius 2 is 1.93 bits per heavy atom. The van der Waals surface area contributed by atoms with Crippen LogP contribution in [0.15, 0.2) is 48.5 Å². The van der Waals surface area contributed by atoms with Crippen molar-refractivity contribution >= 4 is 27.4 Å². The first kappa shape index (κ1) is 18.6. The molecule has 28 heavy (non-hydrogen) atoms. The minimum atomic E-state index is -0.147. The molecule has 2 aromatic heterocycles. The predicted molar refractivity (Wildman–Crippen MR) is 116 cm³/mol. The first-order valence-corrected chi connectivity index (χ1v) is 10.1. The lowest BCUT2D eigenvalue weighted by Crippen LogP contribution is -2.45. The van der Waals surface area contributed by atoms with Crippen molar-refractivity contribution in [3.63, 3.8) is 0 Å². The molecule has 0 bridgehead atoms. The summed E-state index contributed by atoms with van der Waals surface area (Å²) in [5.74, 6) is 0. The van der Waals surface area contributed by atoms with E-state index in [0.29, 0.717) is 6.54 Å². The average molecular weight is 393 g/mol. The molecule has 2 aromatic carbocycles. The fourth-order valence-corrected chi connectivity index (χ4v) is 3.96. The van der Waals surface area contributed by atoms with Crippen LogP contribution in [0.1, 0.15) is 25.1 Å². The van der Waals surface area contributed by atoms with Crippen LogP contribution in [0.3, 0.4) is 0 Å². The van der Waals surface area contributed by atoms with Crippen molar-refractivity contribution in [3.05, 3.63) is 59.8 Å². The highest BCUT2D eigenvalue weighted by molar-refractivity contribution is 7.18. The van der Waals surface area contributed by atoms with Crippen molar-refractivity contribution in [3.8, 4) is 10.6 Å². The molecule has 0 aliphatic carbocycles. The Labute approximate surface area is 168 Å². The highest BCUT2D eigenvalue weighted by Crippen LogP contribution is 2.30. The van der Waals surface area contributed by atoms with E-state index in [1.807, 2.05) is 37.3 Å². The zero-order chi connectivity index (χ0) is 19.7. The van der Waals surface area contributed by atoms with E-state index in [1.165, 1.54) is 16.9 Å². The first-order valence-electron chi connectivity index (χ1n) is 9.29. The number of hydrogen-bond acceptors (Lipinski definition) is 6. The zero-order valence-electron chi connectivity index (χ0n) is 16.2. The number of hydrogen-bond donors (Lipinski definition) is 3. The van der Waals surface area contributed by atoms with Crippen LogP contribution in [0.25, 0.3) is 21.5 Å². The predicted octanol–water partition coefficient (Wildman–Crippen LogP) is 4.11. The van der Waals surface area contributed by atoms with Gasteiger partial charge in [-0.1, -0.05) is 55.5 Å². The molecule has 7 heteroatoms. The second kappa shape index (κ2) is 7.33. The third-order valence-electron chi connectivity index (χ3n) is 5.33. The molecular formula is C21H24N6S. The Hall–Kier alpha value is -2.77. The molecule has 0 saturated heterocycles. The van der Waals surface area contributed by atoms with E-state index in [1.54, 1.807) is 0 Å². The number of rotatable bonds is 6. The van der Waals surface area contributed by atoms with Gasteiger partial charge in [-0.15, -0.1) is 10.2 Å². The van der Waals surface area contributed by atoms with Crippen molar-refractivity contribution in [2.24, 2.45) is 5.73 Å². The zero-order valence-corrected chi connectivity index (χ0v) is 17.0. The molecule has 0 radical (unpaired) electrons. The van der Waals surface area contributed by atoms with E-state index in [4.69, 9.17) is 5.73 Å². The van der Waals surface area contributed by atoms with E-state index in [9.17, 15) is 0 Å². The van der Waals surface area contributed by atoms with Gasteiger partial charge in [0.2, 0.25) is 5.13 Å². The van der Waals surface area contributed by atoms with Gasteiger partial charge in [0.05, 0.1) is 5.52 Å². The van der Waals surface area contributed by atoms with Crippen LogP contribution in [0.5, 0.6) is 0 Å². The van der Waals surface area contributed by atoms with E-state index in [2.05, 4.69) is 57.8 Å². The lowest BCUT2D eigenvalue weighted by atomic mass is 9.78. The van der Waals surface area contributed by atoms with Gasteiger partial charge in [-0.05, 0) is 30.7 Å². The molecule has 4 rings (SSSR count). The molecule has 0 spiro atoms. The largest absolute Gasteiger partial charge is 0.358 e. The molecule has 0 aliphatic rings. The Morgan fingerprint density at radius 3 is 2.71 bits per heavy atom. The van der Waals surface area contributed by atoms with Crippen LogP contribution in [0.4, 0.5) is 5.13 Å². The minimum Gasteiger partial charge on any atom is -0.358 e. The second-order valence-electron chi connectivity index (χ2n) is 7.57. The summed E-state index contributed by atoms with van der Waals surface area (Å²) in [5.41, 5.74) is 10.6. The topological polar surface area (TPSA) is 92.5 Å². The third-order valence-corrected chi connectivity index (χ3v) is 6.26. The molecule has 1 atom stereocenters. The number of nitrogens with one attached hydrogen (secondary N) is 2. The molecule has 4 N–H and O–H groups in total. The highest BCUT2D eigenvalue weighted by atomic mass is 32.1. The molecule has 0 aliphatic heterocycles. The normalized spacial score (nSPS) is 13.0. The maximum Gasteiger partial charge on any atom is 0.206 e. The van der Waals surface area contributed by atoms with Crippen molar-refractivity contribution in [1.29, 1.82) is 0 Å². The van der Waals surface area contributed by atoms with Crippen molar-refractivity contribution in [2.45, 2.75) is 32.2 Å². The number of anilines is 1. The monoisotopic (exact) mass is 392 g/mol. The first-order chi connectivity index (χ1) is 13.4. The molecule has 2 heterocycles. The number of H-pyrrole nitrogens is 1. The van der Waals surface area contributed by atoms with Gasteiger partial charge in [-0.25, -0.2) is 0 Å². The maximum atomic E-state index is 6.50. The molecular weight excluding hydrogens is 368 g/mol. The summed E-state index contributed by atoms with van der Waals surface area (Å²) < 4.78 is 0. The van der Waals surface area contributed by atoms with Gasteiger partial charge < -0.3 is 11.1 Å². The van der Waals surface area contributed by atoms with Gasteiger partial charge in [0.25, 0.3) is 0 Å². The molecule has 4 aromatic rings. The lowest BCUT2D eigenvalue weighted by molar-refractivity contribution is 0.422. The Bertz CT molecular complexity index is 1080. The standard InChI is InChI=1S/C21H24N6S/c1-13-16-11-14(9-10-17(16)25-24-13)19-26-27-20(28-19)23-12-18(22)21(2,3)15-7-5-4-6-8-15/h4-11,18H,12,22H2,1-3H3,(H,23,27)(H,24,25)/t18-/m1/s1. The summed E-state index contributed by atoms with van der Waals surface area (Å²) in [6, 6.07) is 16.4. The van der Waals surface area contributed by atoms with Crippen LogP contribution in [0, 0.1) is 6.92 Å². The van der Waals surface area contributed by atoms with Gasteiger partial charge in [-0.2, -0.15) is 5.10 Å². The quantitative estimate of drug-likeness (QED) is 0.459. The summed E-state index contributed by atoms with van der Waals surface area (Å²) in [6.45, 7) is 6.98. The molecule has 144 valence electrons. The SMILES string of the molecule is Cc1[nH]nc2ccc(-c3nnc(NC[C@@H](N)C(C)(C)c4ccccc4)s3)cc12. The number of aromatic amines is 1. The molecule has 0 saturated carbocycles. The minimum absolute atomic E-state index is 0.0628. The number of fused-ring (bicyclic) bond motifs is 1. The van der Waals surface area contributed by atoms with Crippen molar-refractivity contribution in [2.75, 3.05) is 11.9 Å². The fourth-order valence-electron chi connectivity index (χ4n) is 3.22. The molecule has 0 amide bonds. The summed E-state index contributed by atoms with van der Waals surface area (Å²) >= 11 is 1.53. The fraction of sp³-hybridized carbons (Fsp3) is 0.286. The average Bonchev–Trinajstić information content (AvgIpc) is 3.33. The smallest absolute Gasteiger partial charge is 0.206 e. The molecule has 6 nitrogen and oxygen atoms in total. The van der Waals surface area contributed by atoms with Gasteiger partial charge in [0, 0.05) is 34.6 Å². The van der Waals surface area contributed by atoms with Crippen LogP contribution in [0.2, 0.25) is 0 Å². The van der Waals surface area contributed by atoms with E-state index in [0.717, 1.165) is 32.3 Å². The molecule has 0 fully saturated rings. The van der Waals surface area contributed by atoms with Gasteiger partial charge >= 0.3 is 0 Å². The summed E-state index contributed by atoms with van der Waals surface area (Å²) in [7, 11) is 0. The summed E-state index contributed by atoms with van der Waals surface area (Å²) in [5, 5.41) is 22.0. The second-order valence-corrected chi connectivity index (χ2v) is 8.55. The number of aryl methyl sites for hydroxylation is 1. The van der Waals surface area contributed by atoms with E-state index < -0.39 is 0 Å². The van der Waals surface area contributed by atoms with Crippen molar-refractivity contribution in [1.82, 2.24) is 20.4 Å². The summed E-state index contributed by atoms with van der Waals surface area (Å²) in [4.78, 5) is 0. The third kappa shape index (κ3) is 3.50.